The van der Waals surface area contributed by atoms with Crippen molar-refractivity contribution < 1.29 is 14.7 Å². The molecule has 0 aromatic carbocycles. The SMILES string of the molecule is N#CC(CC(=O)N1CCCC1)C(=O)O. The Balaban J connectivity index is 2.46. The quantitative estimate of drug-likeness (QED) is 0.700. The Hall–Kier alpha value is -1.57. The van der Waals surface area contributed by atoms with Gasteiger partial charge >= 0.3 is 5.97 Å². The summed E-state index contributed by atoms with van der Waals surface area (Å²) >= 11 is 0. The molecule has 1 unspecified atom stereocenters. The molecule has 1 fully saturated rings. The first-order chi connectivity index (χ1) is 6.65. The number of amides is 1. The van der Waals surface area contributed by atoms with E-state index in [0.717, 1.165) is 12.8 Å². The van der Waals surface area contributed by atoms with Crippen LogP contribution in [0.4, 0.5) is 0 Å². The fraction of sp³-hybridized carbons (Fsp3) is 0.667. The van der Waals surface area contributed by atoms with Crippen molar-refractivity contribution in [3.63, 3.8) is 0 Å². The molecule has 1 N–H and O–H groups in total. The second kappa shape index (κ2) is 4.61. The van der Waals surface area contributed by atoms with Crippen molar-refractivity contribution in [1.82, 2.24) is 4.90 Å². The third-order valence-corrected chi connectivity index (χ3v) is 2.29. The van der Waals surface area contributed by atoms with Gasteiger partial charge < -0.3 is 10.0 Å². The number of likely N-dealkylation sites (tertiary alicyclic amines) is 1. The van der Waals surface area contributed by atoms with Crippen LogP contribution in [0.1, 0.15) is 19.3 Å². The van der Waals surface area contributed by atoms with Gasteiger partial charge in [0.15, 0.2) is 5.92 Å². The van der Waals surface area contributed by atoms with Gasteiger partial charge in [0.2, 0.25) is 5.91 Å². The summed E-state index contributed by atoms with van der Waals surface area (Å²) in [4.78, 5) is 23.5. The lowest BCUT2D eigenvalue weighted by Gasteiger charge is -2.15. The van der Waals surface area contributed by atoms with Crippen molar-refractivity contribution in [1.29, 1.82) is 5.26 Å². The van der Waals surface area contributed by atoms with E-state index in [-0.39, 0.29) is 12.3 Å². The lowest BCUT2D eigenvalue weighted by atomic mass is 10.1. The van der Waals surface area contributed by atoms with Gasteiger partial charge in [-0.05, 0) is 12.8 Å². The first-order valence-corrected chi connectivity index (χ1v) is 4.55. The molecule has 0 spiro atoms. The summed E-state index contributed by atoms with van der Waals surface area (Å²) in [7, 11) is 0. The molecule has 0 bridgehead atoms. The molecule has 5 heteroatoms. The molecular formula is C9H12N2O3. The third kappa shape index (κ3) is 2.46. The van der Waals surface area contributed by atoms with Gasteiger partial charge in [-0.2, -0.15) is 5.26 Å². The summed E-state index contributed by atoms with van der Waals surface area (Å²) in [6.45, 7) is 1.38. The Labute approximate surface area is 81.9 Å². The van der Waals surface area contributed by atoms with Crippen molar-refractivity contribution in [2.75, 3.05) is 13.1 Å². The summed E-state index contributed by atoms with van der Waals surface area (Å²) in [6.07, 6.45) is 1.73. The van der Waals surface area contributed by atoms with Crippen LogP contribution in [0.25, 0.3) is 0 Å². The predicted octanol–water partition coefficient (Wildman–Crippen LogP) is 0.223. The van der Waals surface area contributed by atoms with E-state index in [1.54, 1.807) is 11.0 Å². The van der Waals surface area contributed by atoms with Crippen LogP contribution in [0.5, 0.6) is 0 Å². The molecule has 0 aromatic heterocycles. The molecule has 0 radical (unpaired) electrons. The van der Waals surface area contributed by atoms with E-state index >= 15 is 0 Å². The highest BCUT2D eigenvalue weighted by Crippen LogP contribution is 2.12. The number of carbonyl (C=O) groups is 2. The summed E-state index contributed by atoms with van der Waals surface area (Å²) in [5.41, 5.74) is 0. The second-order valence-electron chi connectivity index (χ2n) is 3.31. The Morgan fingerprint density at radius 2 is 2.00 bits per heavy atom. The van der Waals surface area contributed by atoms with Crippen LogP contribution in [-0.4, -0.2) is 35.0 Å². The lowest BCUT2D eigenvalue weighted by molar-refractivity contribution is -0.143. The summed E-state index contributed by atoms with van der Waals surface area (Å²) in [6, 6.07) is 1.61. The Bertz CT molecular complexity index is 276. The van der Waals surface area contributed by atoms with Gasteiger partial charge in [-0.15, -0.1) is 0 Å². The van der Waals surface area contributed by atoms with E-state index in [9.17, 15) is 9.59 Å². The number of hydrogen-bond donors (Lipinski definition) is 1. The maximum atomic E-state index is 11.4. The third-order valence-electron chi connectivity index (χ3n) is 2.29. The average molecular weight is 196 g/mol. The molecule has 1 rings (SSSR count). The molecule has 5 nitrogen and oxygen atoms in total. The first kappa shape index (κ1) is 10.5. The van der Waals surface area contributed by atoms with E-state index in [4.69, 9.17) is 10.4 Å². The average Bonchev–Trinajstić information content (AvgIpc) is 2.65. The van der Waals surface area contributed by atoms with Crippen LogP contribution in [0, 0.1) is 17.2 Å². The van der Waals surface area contributed by atoms with Gasteiger partial charge in [0.1, 0.15) is 0 Å². The van der Waals surface area contributed by atoms with Gasteiger partial charge in [0.25, 0.3) is 0 Å². The largest absolute Gasteiger partial charge is 0.480 e. The van der Waals surface area contributed by atoms with Crippen molar-refractivity contribution in [3.8, 4) is 6.07 Å². The molecule has 1 amide bonds. The smallest absolute Gasteiger partial charge is 0.321 e. The van der Waals surface area contributed by atoms with E-state index in [1.807, 2.05) is 0 Å². The number of hydrogen-bond acceptors (Lipinski definition) is 3. The second-order valence-corrected chi connectivity index (χ2v) is 3.31. The van der Waals surface area contributed by atoms with Gasteiger partial charge in [-0.1, -0.05) is 0 Å². The minimum Gasteiger partial charge on any atom is -0.480 e. The molecule has 1 aliphatic heterocycles. The van der Waals surface area contributed by atoms with Crippen molar-refractivity contribution in [3.05, 3.63) is 0 Å². The Morgan fingerprint density at radius 3 is 2.43 bits per heavy atom. The number of aliphatic carboxylic acids is 1. The Morgan fingerprint density at radius 1 is 1.43 bits per heavy atom. The van der Waals surface area contributed by atoms with Crippen LogP contribution in [0.3, 0.4) is 0 Å². The molecule has 0 aromatic rings. The van der Waals surface area contributed by atoms with Crippen LogP contribution in [0.2, 0.25) is 0 Å². The van der Waals surface area contributed by atoms with Crippen LogP contribution < -0.4 is 0 Å². The summed E-state index contributed by atoms with van der Waals surface area (Å²) in [5.74, 6) is -2.65. The van der Waals surface area contributed by atoms with Crippen molar-refractivity contribution in [2.24, 2.45) is 5.92 Å². The molecular weight excluding hydrogens is 184 g/mol. The highest BCUT2D eigenvalue weighted by atomic mass is 16.4. The molecule has 1 saturated heterocycles. The van der Waals surface area contributed by atoms with Gasteiger partial charge in [0, 0.05) is 13.1 Å². The minimum absolute atomic E-state index is 0.203. The minimum atomic E-state index is -1.22. The lowest BCUT2D eigenvalue weighted by Crippen LogP contribution is -2.30. The molecule has 14 heavy (non-hydrogen) atoms. The van der Waals surface area contributed by atoms with Crippen LogP contribution >= 0.6 is 0 Å². The fourth-order valence-corrected chi connectivity index (χ4v) is 1.46. The first-order valence-electron chi connectivity index (χ1n) is 4.55. The molecule has 1 heterocycles. The topological polar surface area (TPSA) is 81.4 Å². The van der Waals surface area contributed by atoms with E-state index in [2.05, 4.69) is 0 Å². The summed E-state index contributed by atoms with van der Waals surface area (Å²) < 4.78 is 0. The molecule has 0 aliphatic carbocycles. The normalized spacial score (nSPS) is 17.5. The van der Waals surface area contributed by atoms with E-state index < -0.39 is 11.9 Å². The van der Waals surface area contributed by atoms with Crippen molar-refractivity contribution in [2.45, 2.75) is 19.3 Å². The number of nitrogens with zero attached hydrogens (tertiary/aromatic N) is 2. The molecule has 1 aliphatic rings. The highest BCUT2D eigenvalue weighted by Gasteiger charge is 2.25. The zero-order valence-corrected chi connectivity index (χ0v) is 7.77. The van der Waals surface area contributed by atoms with Gasteiger partial charge in [-0.25, -0.2) is 0 Å². The highest BCUT2D eigenvalue weighted by molar-refractivity contribution is 5.84. The zero-order valence-electron chi connectivity index (χ0n) is 7.77. The standard InChI is InChI=1S/C9H12N2O3/c10-6-7(9(13)14)5-8(12)11-3-1-2-4-11/h7H,1-5H2,(H,13,14). The molecule has 76 valence electrons. The molecule has 0 saturated carbocycles. The van der Waals surface area contributed by atoms with Crippen LogP contribution in [-0.2, 0) is 9.59 Å². The zero-order chi connectivity index (χ0) is 10.6. The Kier molecular flexibility index (Phi) is 3.46. The number of carbonyl (C=O) groups excluding carboxylic acids is 1. The maximum absolute atomic E-state index is 11.4. The monoisotopic (exact) mass is 196 g/mol. The van der Waals surface area contributed by atoms with Crippen molar-refractivity contribution >= 4 is 11.9 Å². The number of carboxylic acids is 1. The number of carboxylic acid groups (broad SMARTS) is 1. The van der Waals surface area contributed by atoms with E-state index in [1.165, 1.54) is 0 Å². The maximum Gasteiger partial charge on any atom is 0.321 e. The van der Waals surface area contributed by atoms with Gasteiger partial charge in [0.05, 0.1) is 12.5 Å². The number of nitriles is 1. The number of rotatable bonds is 3. The predicted molar refractivity (Wildman–Crippen MR) is 47.2 cm³/mol. The summed E-state index contributed by atoms with van der Waals surface area (Å²) in [5, 5.41) is 17.1. The van der Waals surface area contributed by atoms with Crippen LogP contribution in [0.15, 0.2) is 0 Å². The van der Waals surface area contributed by atoms with Gasteiger partial charge in [-0.3, -0.25) is 9.59 Å². The van der Waals surface area contributed by atoms with E-state index in [0.29, 0.717) is 13.1 Å². The fourth-order valence-electron chi connectivity index (χ4n) is 1.46. The molecule has 1 atom stereocenters.